The standard InChI is InChI=1S/C20H25FN4O2/c1-24(2)13-18(26)22-16-11-7-8-12-17(16)23-20(27)19(25(3)4)14-9-5-6-10-15(14)21/h5-12,19H,13H2,1-4H3,(H,22,26)(H,23,27). The van der Waals surface area contributed by atoms with Gasteiger partial charge in [-0.25, -0.2) is 4.39 Å². The zero-order valence-corrected chi connectivity index (χ0v) is 16.0. The van der Waals surface area contributed by atoms with Crippen molar-refractivity contribution in [1.29, 1.82) is 0 Å². The van der Waals surface area contributed by atoms with E-state index in [0.29, 0.717) is 11.4 Å². The molecule has 27 heavy (non-hydrogen) atoms. The first-order valence-corrected chi connectivity index (χ1v) is 8.55. The summed E-state index contributed by atoms with van der Waals surface area (Å²) < 4.78 is 14.2. The fraction of sp³-hybridized carbons (Fsp3) is 0.300. The van der Waals surface area contributed by atoms with E-state index in [-0.39, 0.29) is 23.9 Å². The third-order valence-corrected chi connectivity index (χ3v) is 3.88. The van der Waals surface area contributed by atoms with Crippen molar-refractivity contribution in [3.8, 4) is 0 Å². The number of likely N-dealkylation sites (N-methyl/N-ethyl adjacent to an activating group) is 2. The lowest BCUT2D eigenvalue weighted by atomic mass is 10.0. The van der Waals surface area contributed by atoms with Crippen LogP contribution < -0.4 is 10.6 Å². The van der Waals surface area contributed by atoms with Crippen molar-refractivity contribution in [3.63, 3.8) is 0 Å². The van der Waals surface area contributed by atoms with Crippen LogP contribution in [0.5, 0.6) is 0 Å². The van der Waals surface area contributed by atoms with E-state index in [1.165, 1.54) is 6.07 Å². The normalized spacial score (nSPS) is 12.1. The highest BCUT2D eigenvalue weighted by Crippen LogP contribution is 2.26. The minimum Gasteiger partial charge on any atom is -0.323 e. The lowest BCUT2D eigenvalue weighted by Crippen LogP contribution is -2.33. The van der Waals surface area contributed by atoms with E-state index in [0.717, 1.165) is 0 Å². The number of halogens is 1. The maximum atomic E-state index is 14.2. The Balaban J connectivity index is 2.24. The molecule has 0 fully saturated rings. The average molecular weight is 372 g/mol. The lowest BCUT2D eigenvalue weighted by molar-refractivity contribution is -0.121. The van der Waals surface area contributed by atoms with E-state index in [4.69, 9.17) is 0 Å². The van der Waals surface area contributed by atoms with Gasteiger partial charge >= 0.3 is 0 Å². The zero-order chi connectivity index (χ0) is 20.0. The second-order valence-corrected chi connectivity index (χ2v) is 6.71. The number of rotatable bonds is 7. The molecule has 0 heterocycles. The second kappa shape index (κ2) is 9.25. The van der Waals surface area contributed by atoms with E-state index < -0.39 is 11.9 Å². The largest absolute Gasteiger partial charge is 0.323 e. The molecule has 2 aromatic rings. The van der Waals surface area contributed by atoms with Crippen LogP contribution in [-0.4, -0.2) is 56.3 Å². The Kier molecular flexibility index (Phi) is 7.04. The summed E-state index contributed by atoms with van der Waals surface area (Å²) in [6, 6.07) is 12.3. The molecule has 2 amide bonds. The Morgan fingerprint density at radius 1 is 0.926 bits per heavy atom. The molecule has 2 rings (SSSR count). The van der Waals surface area contributed by atoms with Crippen LogP contribution in [0.25, 0.3) is 0 Å². The molecule has 0 aromatic heterocycles. The van der Waals surface area contributed by atoms with E-state index in [9.17, 15) is 14.0 Å². The van der Waals surface area contributed by atoms with Crippen molar-refractivity contribution in [2.75, 3.05) is 45.4 Å². The number of carbonyl (C=O) groups excluding carboxylic acids is 2. The molecule has 2 N–H and O–H groups in total. The summed E-state index contributed by atoms with van der Waals surface area (Å²) in [6.07, 6.45) is 0. The molecule has 2 aromatic carbocycles. The first kappa shape index (κ1) is 20.5. The summed E-state index contributed by atoms with van der Waals surface area (Å²) in [5, 5.41) is 5.58. The van der Waals surface area contributed by atoms with Gasteiger partial charge in [0.25, 0.3) is 0 Å². The van der Waals surface area contributed by atoms with Gasteiger partial charge in [-0.1, -0.05) is 30.3 Å². The number of nitrogens with one attached hydrogen (secondary N) is 2. The summed E-state index contributed by atoms with van der Waals surface area (Å²) >= 11 is 0. The van der Waals surface area contributed by atoms with Gasteiger partial charge in [0.2, 0.25) is 11.8 Å². The number of hydrogen-bond acceptors (Lipinski definition) is 4. The number of amides is 2. The predicted octanol–water partition coefficient (Wildman–Crippen LogP) is 2.57. The number of anilines is 2. The van der Waals surface area contributed by atoms with Crippen molar-refractivity contribution >= 4 is 23.2 Å². The van der Waals surface area contributed by atoms with Gasteiger partial charge in [0.1, 0.15) is 11.9 Å². The van der Waals surface area contributed by atoms with Crippen LogP contribution in [0, 0.1) is 5.82 Å². The molecular weight excluding hydrogens is 347 g/mol. The van der Waals surface area contributed by atoms with Gasteiger partial charge in [0.15, 0.2) is 0 Å². The van der Waals surface area contributed by atoms with E-state index in [1.807, 2.05) is 0 Å². The van der Waals surface area contributed by atoms with Gasteiger partial charge < -0.3 is 15.5 Å². The highest BCUT2D eigenvalue weighted by Gasteiger charge is 2.26. The zero-order valence-electron chi connectivity index (χ0n) is 16.0. The van der Waals surface area contributed by atoms with Crippen LogP contribution in [-0.2, 0) is 9.59 Å². The second-order valence-electron chi connectivity index (χ2n) is 6.71. The molecule has 0 aliphatic rings. The van der Waals surface area contributed by atoms with Crippen LogP contribution in [0.2, 0.25) is 0 Å². The molecular formula is C20H25FN4O2. The van der Waals surface area contributed by atoms with E-state index in [1.54, 1.807) is 80.5 Å². The van der Waals surface area contributed by atoms with Crippen molar-refractivity contribution in [1.82, 2.24) is 9.80 Å². The minimum atomic E-state index is -0.809. The fourth-order valence-corrected chi connectivity index (χ4v) is 2.73. The minimum absolute atomic E-state index is 0.194. The van der Waals surface area contributed by atoms with Gasteiger partial charge in [0, 0.05) is 5.56 Å². The van der Waals surface area contributed by atoms with Crippen LogP contribution in [0.3, 0.4) is 0 Å². The Morgan fingerprint density at radius 3 is 2.04 bits per heavy atom. The summed E-state index contributed by atoms with van der Waals surface area (Å²) in [5.41, 5.74) is 1.23. The molecule has 0 spiro atoms. The fourth-order valence-electron chi connectivity index (χ4n) is 2.73. The topological polar surface area (TPSA) is 64.7 Å². The first-order valence-electron chi connectivity index (χ1n) is 8.55. The molecule has 0 aliphatic carbocycles. The molecule has 7 heteroatoms. The molecule has 144 valence electrons. The molecule has 0 saturated carbocycles. The third kappa shape index (κ3) is 5.60. The molecule has 6 nitrogen and oxygen atoms in total. The summed E-state index contributed by atoms with van der Waals surface area (Å²) in [5.74, 6) is -1.03. The van der Waals surface area contributed by atoms with Crippen LogP contribution >= 0.6 is 0 Å². The molecule has 1 atom stereocenters. The van der Waals surface area contributed by atoms with Crippen LogP contribution in [0.1, 0.15) is 11.6 Å². The quantitative estimate of drug-likeness (QED) is 0.784. The van der Waals surface area contributed by atoms with Gasteiger partial charge in [-0.2, -0.15) is 0 Å². The molecule has 0 radical (unpaired) electrons. The van der Waals surface area contributed by atoms with Gasteiger partial charge in [0.05, 0.1) is 17.9 Å². The predicted molar refractivity (Wildman–Crippen MR) is 105 cm³/mol. The Morgan fingerprint density at radius 2 is 1.48 bits per heavy atom. The van der Waals surface area contributed by atoms with Gasteiger partial charge in [-0.15, -0.1) is 0 Å². The lowest BCUT2D eigenvalue weighted by Gasteiger charge is -2.25. The number of nitrogens with zero attached hydrogens (tertiary/aromatic N) is 2. The third-order valence-electron chi connectivity index (χ3n) is 3.88. The van der Waals surface area contributed by atoms with Crippen molar-refractivity contribution < 1.29 is 14.0 Å². The molecule has 1 unspecified atom stereocenters. The summed E-state index contributed by atoms with van der Waals surface area (Å²) in [4.78, 5) is 28.3. The number of hydrogen-bond donors (Lipinski definition) is 2. The van der Waals surface area contributed by atoms with Gasteiger partial charge in [-0.05, 0) is 46.4 Å². The maximum absolute atomic E-state index is 14.2. The summed E-state index contributed by atoms with van der Waals surface area (Å²) in [7, 11) is 7.01. The summed E-state index contributed by atoms with van der Waals surface area (Å²) in [6.45, 7) is 0.220. The molecule has 0 saturated heterocycles. The number of para-hydroxylation sites is 2. The Bertz CT molecular complexity index is 808. The smallest absolute Gasteiger partial charge is 0.246 e. The van der Waals surface area contributed by atoms with E-state index in [2.05, 4.69) is 10.6 Å². The van der Waals surface area contributed by atoms with E-state index >= 15 is 0 Å². The van der Waals surface area contributed by atoms with Crippen molar-refractivity contribution in [2.45, 2.75) is 6.04 Å². The number of carbonyl (C=O) groups is 2. The average Bonchev–Trinajstić information content (AvgIpc) is 2.57. The highest BCUT2D eigenvalue weighted by atomic mass is 19.1. The highest BCUT2D eigenvalue weighted by molar-refractivity contribution is 6.02. The SMILES string of the molecule is CN(C)CC(=O)Nc1ccccc1NC(=O)C(c1ccccc1F)N(C)C. The van der Waals surface area contributed by atoms with Crippen molar-refractivity contribution in [2.24, 2.45) is 0 Å². The molecule has 0 bridgehead atoms. The molecule has 0 aliphatic heterocycles. The van der Waals surface area contributed by atoms with Crippen LogP contribution in [0.4, 0.5) is 15.8 Å². The number of benzene rings is 2. The first-order chi connectivity index (χ1) is 12.8. The maximum Gasteiger partial charge on any atom is 0.246 e. The Labute approximate surface area is 159 Å². The van der Waals surface area contributed by atoms with Gasteiger partial charge in [-0.3, -0.25) is 14.5 Å². The Hall–Kier alpha value is -2.77. The van der Waals surface area contributed by atoms with Crippen LogP contribution in [0.15, 0.2) is 48.5 Å². The van der Waals surface area contributed by atoms with Crippen molar-refractivity contribution in [3.05, 3.63) is 59.9 Å². The monoisotopic (exact) mass is 372 g/mol.